The van der Waals surface area contributed by atoms with E-state index < -0.39 is 5.97 Å². The number of aliphatic carboxylic acids is 1. The average molecular weight is 429 g/mol. The van der Waals surface area contributed by atoms with Gasteiger partial charge in [-0.25, -0.2) is 9.18 Å². The molecule has 0 aliphatic carbocycles. The largest absolute Gasteiger partial charge is 0.482 e. The molecule has 0 bridgehead atoms. The Balaban J connectivity index is 1.82. The van der Waals surface area contributed by atoms with Crippen LogP contribution in [-0.2, 0) is 17.9 Å². The summed E-state index contributed by atoms with van der Waals surface area (Å²) in [6, 6.07) is 14.7. The Bertz CT molecular complexity index is 880. The van der Waals surface area contributed by atoms with E-state index in [0.717, 1.165) is 18.4 Å². The number of benzene rings is 2. The van der Waals surface area contributed by atoms with Crippen LogP contribution in [0.5, 0.6) is 5.75 Å². The van der Waals surface area contributed by atoms with Gasteiger partial charge in [0.15, 0.2) is 6.61 Å². The molecule has 5 nitrogen and oxygen atoms in total. The zero-order valence-electron chi connectivity index (χ0n) is 18.8. The van der Waals surface area contributed by atoms with Crippen LogP contribution in [0.15, 0.2) is 48.5 Å². The molecule has 1 aliphatic rings. The van der Waals surface area contributed by atoms with Crippen molar-refractivity contribution in [3.8, 4) is 5.75 Å². The van der Waals surface area contributed by atoms with E-state index in [0.29, 0.717) is 24.4 Å². The molecule has 0 radical (unpaired) electrons. The van der Waals surface area contributed by atoms with E-state index in [1.807, 2.05) is 24.3 Å². The molecule has 2 N–H and O–H groups in total. The van der Waals surface area contributed by atoms with E-state index in [-0.39, 0.29) is 29.5 Å². The summed E-state index contributed by atoms with van der Waals surface area (Å²) in [5.41, 5.74) is 1.73. The molecule has 0 amide bonds. The van der Waals surface area contributed by atoms with Crippen LogP contribution in [0.25, 0.3) is 0 Å². The Hall–Kier alpha value is -2.44. The maximum atomic E-state index is 14.5. The Kier molecular flexibility index (Phi) is 7.02. The van der Waals surface area contributed by atoms with E-state index >= 15 is 0 Å². The molecule has 1 aliphatic heterocycles. The predicted molar refractivity (Wildman–Crippen MR) is 120 cm³/mol. The number of nitrogens with zero attached hydrogens (tertiary/aromatic N) is 1. The third kappa shape index (κ3) is 6.77. The summed E-state index contributed by atoms with van der Waals surface area (Å²) in [4.78, 5) is 13.1. The summed E-state index contributed by atoms with van der Waals surface area (Å²) in [5.74, 6) is -0.662. The van der Waals surface area contributed by atoms with Crippen LogP contribution < -0.4 is 10.1 Å². The fourth-order valence-corrected chi connectivity index (χ4v) is 4.76. The maximum Gasteiger partial charge on any atom is 0.341 e. The molecule has 0 spiro atoms. The van der Waals surface area contributed by atoms with E-state index in [2.05, 4.69) is 37.9 Å². The Morgan fingerprint density at radius 3 is 2.26 bits per heavy atom. The quantitative estimate of drug-likeness (QED) is 0.643. The summed E-state index contributed by atoms with van der Waals surface area (Å²) in [7, 11) is 0. The molecule has 6 heteroatoms. The standard InChI is InChI=1S/C25H33FN2O3/c1-24(2)13-20(14-25(3,4)27-24)28(16-19-7-5-6-8-22(19)26)15-18-9-11-21(12-10-18)31-17-23(29)30/h5-12,20,27H,13-17H2,1-4H3,(H,29,30). The summed E-state index contributed by atoms with van der Waals surface area (Å²) in [5, 5.41) is 12.5. The van der Waals surface area contributed by atoms with Crippen LogP contribution >= 0.6 is 0 Å². The highest BCUT2D eigenvalue weighted by Gasteiger charge is 2.40. The van der Waals surface area contributed by atoms with Crippen LogP contribution in [0.1, 0.15) is 51.7 Å². The summed E-state index contributed by atoms with van der Waals surface area (Å²) in [6.45, 7) is 9.71. The highest BCUT2D eigenvalue weighted by molar-refractivity contribution is 5.68. The van der Waals surface area contributed by atoms with Gasteiger partial charge in [-0.3, -0.25) is 4.90 Å². The van der Waals surface area contributed by atoms with Crippen LogP contribution in [0.4, 0.5) is 4.39 Å². The van der Waals surface area contributed by atoms with E-state index in [9.17, 15) is 9.18 Å². The first-order valence-electron chi connectivity index (χ1n) is 10.7. The second-order valence-corrected chi connectivity index (χ2v) is 9.78. The predicted octanol–water partition coefficient (Wildman–Crippen LogP) is 4.60. The molecule has 1 heterocycles. The first kappa shape index (κ1) is 23.2. The van der Waals surface area contributed by atoms with Gasteiger partial charge in [0, 0.05) is 35.8 Å². The van der Waals surface area contributed by atoms with Gasteiger partial charge in [0.1, 0.15) is 11.6 Å². The number of hydrogen-bond donors (Lipinski definition) is 2. The van der Waals surface area contributed by atoms with E-state index in [1.165, 1.54) is 6.07 Å². The Morgan fingerprint density at radius 1 is 1.06 bits per heavy atom. The van der Waals surface area contributed by atoms with Crippen molar-refractivity contribution >= 4 is 5.97 Å². The number of carboxylic acids is 1. The van der Waals surface area contributed by atoms with Gasteiger partial charge in [-0.2, -0.15) is 0 Å². The van der Waals surface area contributed by atoms with E-state index in [4.69, 9.17) is 9.84 Å². The van der Waals surface area contributed by atoms with E-state index in [1.54, 1.807) is 18.2 Å². The number of nitrogens with one attached hydrogen (secondary N) is 1. The first-order chi connectivity index (χ1) is 14.5. The number of carboxylic acid groups (broad SMARTS) is 1. The minimum atomic E-state index is -1.00. The maximum absolute atomic E-state index is 14.5. The Labute approximate surface area is 184 Å². The fourth-order valence-electron chi connectivity index (χ4n) is 4.76. The van der Waals surface area contributed by atoms with Gasteiger partial charge in [-0.05, 0) is 64.3 Å². The second-order valence-electron chi connectivity index (χ2n) is 9.78. The third-order valence-electron chi connectivity index (χ3n) is 5.69. The molecule has 2 aromatic rings. The molecule has 0 unspecified atom stereocenters. The van der Waals surface area contributed by atoms with Gasteiger partial charge >= 0.3 is 5.97 Å². The van der Waals surface area contributed by atoms with Crippen LogP contribution in [0.3, 0.4) is 0 Å². The molecule has 1 fully saturated rings. The van der Waals surface area contributed by atoms with Gasteiger partial charge in [0.2, 0.25) is 0 Å². The van der Waals surface area contributed by atoms with Crippen molar-refractivity contribution in [2.45, 2.75) is 70.7 Å². The smallest absolute Gasteiger partial charge is 0.341 e. The number of hydrogen-bond acceptors (Lipinski definition) is 4. The zero-order valence-corrected chi connectivity index (χ0v) is 18.8. The molecule has 2 aromatic carbocycles. The van der Waals surface area contributed by atoms with Gasteiger partial charge in [0.05, 0.1) is 0 Å². The third-order valence-corrected chi connectivity index (χ3v) is 5.69. The minimum absolute atomic E-state index is 0.0194. The monoisotopic (exact) mass is 428 g/mol. The highest BCUT2D eigenvalue weighted by atomic mass is 19.1. The fraction of sp³-hybridized carbons (Fsp3) is 0.480. The molecule has 3 rings (SSSR count). The van der Waals surface area contributed by atoms with Crippen molar-refractivity contribution in [2.75, 3.05) is 6.61 Å². The number of carbonyl (C=O) groups is 1. The zero-order chi connectivity index (χ0) is 22.6. The first-order valence-corrected chi connectivity index (χ1v) is 10.7. The van der Waals surface area contributed by atoms with Gasteiger partial charge in [-0.1, -0.05) is 30.3 Å². The molecule has 168 valence electrons. The Morgan fingerprint density at radius 2 is 1.68 bits per heavy atom. The van der Waals surface area contributed by atoms with Gasteiger partial charge in [0.25, 0.3) is 0 Å². The number of halogens is 1. The number of ether oxygens (including phenoxy) is 1. The summed E-state index contributed by atoms with van der Waals surface area (Å²) in [6.07, 6.45) is 1.93. The van der Waals surface area contributed by atoms with Crippen molar-refractivity contribution < 1.29 is 19.0 Å². The SMILES string of the molecule is CC1(C)CC(N(Cc2ccc(OCC(=O)O)cc2)Cc2ccccc2F)CC(C)(C)N1. The van der Waals surface area contributed by atoms with Crippen molar-refractivity contribution in [1.29, 1.82) is 0 Å². The minimum Gasteiger partial charge on any atom is -0.482 e. The molecule has 0 aromatic heterocycles. The van der Waals surface area contributed by atoms with Gasteiger partial charge < -0.3 is 15.2 Å². The lowest BCUT2D eigenvalue weighted by molar-refractivity contribution is -0.139. The lowest BCUT2D eigenvalue weighted by Gasteiger charge is -2.49. The summed E-state index contributed by atoms with van der Waals surface area (Å²) < 4.78 is 19.7. The van der Waals surface area contributed by atoms with Crippen molar-refractivity contribution in [3.05, 3.63) is 65.5 Å². The van der Waals surface area contributed by atoms with Crippen LogP contribution in [0, 0.1) is 5.82 Å². The lowest BCUT2D eigenvalue weighted by Crippen LogP contribution is -2.62. The highest BCUT2D eigenvalue weighted by Crippen LogP contribution is 2.33. The van der Waals surface area contributed by atoms with Gasteiger partial charge in [-0.15, -0.1) is 0 Å². The van der Waals surface area contributed by atoms with Crippen molar-refractivity contribution in [1.82, 2.24) is 10.2 Å². The van der Waals surface area contributed by atoms with Crippen LogP contribution in [-0.4, -0.2) is 39.7 Å². The van der Waals surface area contributed by atoms with Crippen LogP contribution in [0.2, 0.25) is 0 Å². The normalized spacial score (nSPS) is 18.1. The number of rotatable bonds is 8. The molecular formula is C25H33FN2O3. The van der Waals surface area contributed by atoms with Crippen molar-refractivity contribution in [3.63, 3.8) is 0 Å². The second kappa shape index (κ2) is 9.37. The van der Waals surface area contributed by atoms with Crippen molar-refractivity contribution in [2.24, 2.45) is 0 Å². The molecule has 0 atom stereocenters. The molecule has 1 saturated heterocycles. The summed E-state index contributed by atoms with van der Waals surface area (Å²) >= 11 is 0. The molecule has 0 saturated carbocycles. The topological polar surface area (TPSA) is 61.8 Å². The number of piperidine rings is 1. The molecule has 31 heavy (non-hydrogen) atoms. The molecular weight excluding hydrogens is 395 g/mol. The lowest BCUT2D eigenvalue weighted by atomic mass is 9.78. The average Bonchev–Trinajstić information content (AvgIpc) is 2.66.